The summed E-state index contributed by atoms with van der Waals surface area (Å²) in [5.41, 5.74) is 8.79. The summed E-state index contributed by atoms with van der Waals surface area (Å²) in [4.78, 5) is 24.4. The Morgan fingerprint density at radius 1 is 1.11 bits per heavy atom. The van der Waals surface area contributed by atoms with E-state index < -0.39 is 0 Å². The van der Waals surface area contributed by atoms with Crippen molar-refractivity contribution in [1.82, 2.24) is 15.4 Å². The minimum absolute atomic E-state index is 0.248. The number of hydrazine groups is 1. The van der Waals surface area contributed by atoms with Gasteiger partial charge in [0.1, 0.15) is 5.82 Å². The first-order valence-corrected chi connectivity index (χ1v) is 9.45. The molecule has 0 saturated carbocycles. The number of thiophene rings is 1. The van der Waals surface area contributed by atoms with Crippen molar-refractivity contribution in [2.24, 2.45) is 0 Å². The molecular weight excluding hydrogens is 365 g/mol. The summed E-state index contributed by atoms with van der Waals surface area (Å²) < 4.78 is 15.0. The van der Waals surface area contributed by atoms with E-state index in [9.17, 15) is 14.0 Å². The van der Waals surface area contributed by atoms with Crippen LogP contribution in [-0.2, 0) is 11.2 Å². The van der Waals surface area contributed by atoms with E-state index in [0.717, 1.165) is 16.9 Å². The minimum Gasteiger partial charge on any atom is -0.318 e. The molecule has 2 heterocycles. The topological polar surface area (TPSA) is 63.1 Å². The Morgan fingerprint density at radius 3 is 2.52 bits per heavy atom. The fraction of sp³-hybridized carbons (Fsp3) is 0.200. The molecule has 2 aromatic heterocycles. The fourth-order valence-electron chi connectivity index (χ4n) is 2.93. The Morgan fingerprint density at radius 2 is 1.85 bits per heavy atom. The molecule has 3 rings (SSSR count). The molecule has 0 atom stereocenters. The number of hydrogen-bond acceptors (Lipinski definition) is 3. The Labute approximate surface area is 160 Å². The quantitative estimate of drug-likeness (QED) is 0.658. The van der Waals surface area contributed by atoms with Crippen LogP contribution >= 0.6 is 11.3 Å². The molecule has 0 spiro atoms. The number of halogens is 1. The third-order valence-electron chi connectivity index (χ3n) is 4.30. The summed E-state index contributed by atoms with van der Waals surface area (Å²) in [7, 11) is 0. The lowest BCUT2D eigenvalue weighted by atomic mass is 10.2. The molecule has 3 aromatic rings. The lowest BCUT2D eigenvalue weighted by molar-refractivity contribution is -0.121. The van der Waals surface area contributed by atoms with Crippen LogP contribution in [-0.4, -0.2) is 16.4 Å². The second-order valence-corrected chi connectivity index (χ2v) is 7.01. The van der Waals surface area contributed by atoms with Crippen LogP contribution in [0.3, 0.4) is 0 Å². The second kappa shape index (κ2) is 8.18. The number of benzene rings is 1. The van der Waals surface area contributed by atoms with Gasteiger partial charge in [-0.1, -0.05) is 0 Å². The van der Waals surface area contributed by atoms with E-state index in [4.69, 9.17) is 0 Å². The van der Waals surface area contributed by atoms with Gasteiger partial charge in [-0.25, -0.2) is 4.39 Å². The molecule has 2 N–H and O–H groups in total. The molecule has 0 aliphatic carbocycles. The van der Waals surface area contributed by atoms with E-state index in [1.165, 1.54) is 12.1 Å². The Hall–Kier alpha value is -2.93. The van der Waals surface area contributed by atoms with Crippen molar-refractivity contribution >= 4 is 23.2 Å². The molecular formula is C20H20FN3O2S. The average Bonchev–Trinajstić information content (AvgIpc) is 3.27. The van der Waals surface area contributed by atoms with Crippen molar-refractivity contribution < 1.29 is 14.0 Å². The highest BCUT2D eigenvalue weighted by atomic mass is 32.1. The number of amides is 2. The molecule has 0 saturated heterocycles. The van der Waals surface area contributed by atoms with Crippen molar-refractivity contribution in [1.29, 1.82) is 0 Å². The van der Waals surface area contributed by atoms with Gasteiger partial charge in [-0.2, -0.15) is 11.3 Å². The summed E-state index contributed by atoms with van der Waals surface area (Å²) in [6.45, 7) is 3.68. The zero-order chi connectivity index (χ0) is 19.4. The van der Waals surface area contributed by atoms with Crippen LogP contribution in [0.25, 0.3) is 5.69 Å². The predicted octanol–water partition coefficient (Wildman–Crippen LogP) is 3.69. The first-order valence-electron chi connectivity index (χ1n) is 8.51. The van der Waals surface area contributed by atoms with Gasteiger partial charge < -0.3 is 4.57 Å². The van der Waals surface area contributed by atoms with Gasteiger partial charge in [-0.3, -0.25) is 20.4 Å². The van der Waals surface area contributed by atoms with Crippen molar-refractivity contribution in [3.05, 3.63) is 75.5 Å². The summed E-state index contributed by atoms with van der Waals surface area (Å²) in [6, 6.07) is 9.78. The Kier molecular flexibility index (Phi) is 5.71. The van der Waals surface area contributed by atoms with Crippen molar-refractivity contribution in [2.75, 3.05) is 0 Å². The number of aryl methyl sites for hydroxylation is 2. The monoisotopic (exact) mass is 385 g/mol. The van der Waals surface area contributed by atoms with Crippen LogP contribution in [0.2, 0.25) is 0 Å². The van der Waals surface area contributed by atoms with Gasteiger partial charge in [0.15, 0.2) is 0 Å². The predicted molar refractivity (Wildman–Crippen MR) is 103 cm³/mol. The van der Waals surface area contributed by atoms with E-state index in [1.807, 2.05) is 35.2 Å². The number of hydrogen-bond donors (Lipinski definition) is 2. The molecule has 0 aliphatic heterocycles. The number of carbonyl (C=O) groups is 2. The maximum absolute atomic E-state index is 13.2. The van der Waals surface area contributed by atoms with Crippen molar-refractivity contribution in [3.8, 4) is 5.69 Å². The van der Waals surface area contributed by atoms with Crippen LogP contribution < -0.4 is 10.9 Å². The van der Waals surface area contributed by atoms with Crippen LogP contribution in [0, 0.1) is 19.7 Å². The number of nitrogens with one attached hydrogen (secondary N) is 2. The smallest absolute Gasteiger partial charge is 0.271 e. The van der Waals surface area contributed by atoms with Gasteiger partial charge >= 0.3 is 0 Å². The van der Waals surface area contributed by atoms with Gasteiger partial charge in [0, 0.05) is 23.5 Å². The van der Waals surface area contributed by atoms with E-state index >= 15 is 0 Å². The standard InChI is InChI=1S/C20H20FN3O2S/c1-13-11-18(14(2)24(13)17-6-4-16(21)5-7-17)20(26)23-22-19(25)8-3-15-9-10-27-12-15/h4-7,9-12H,3,8H2,1-2H3,(H,22,25)(H,23,26). The van der Waals surface area contributed by atoms with E-state index in [0.29, 0.717) is 24.1 Å². The first kappa shape index (κ1) is 18.8. The summed E-state index contributed by atoms with van der Waals surface area (Å²) in [6.07, 6.45) is 0.926. The molecule has 5 nitrogen and oxygen atoms in total. The number of carbonyl (C=O) groups excluding carboxylic acids is 2. The summed E-state index contributed by atoms with van der Waals surface area (Å²) in [5.74, 6) is -0.952. The number of nitrogens with zero attached hydrogens (tertiary/aromatic N) is 1. The Bertz CT molecular complexity index is 947. The van der Waals surface area contributed by atoms with Gasteiger partial charge in [0.2, 0.25) is 5.91 Å². The Balaban J connectivity index is 1.64. The first-order chi connectivity index (χ1) is 13.0. The van der Waals surface area contributed by atoms with Gasteiger partial charge in [0.05, 0.1) is 5.56 Å². The molecule has 0 fully saturated rings. The molecule has 0 bridgehead atoms. The normalized spacial score (nSPS) is 10.6. The van der Waals surface area contributed by atoms with Crippen LogP contribution in [0.4, 0.5) is 4.39 Å². The molecule has 140 valence electrons. The van der Waals surface area contributed by atoms with Gasteiger partial charge in [0.25, 0.3) is 5.91 Å². The SMILES string of the molecule is Cc1cc(C(=O)NNC(=O)CCc2ccsc2)c(C)n1-c1ccc(F)cc1. The lowest BCUT2D eigenvalue weighted by Gasteiger charge is -2.10. The van der Waals surface area contributed by atoms with Crippen molar-refractivity contribution in [2.45, 2.75) is 26.7 Å². The van der Waals surface area contributed by atoms with Gasteiger partial charge in [-0.15, -0.1) is 0 Å². The molecule has 2 amide bonds. The summed E-state index contributed by atoms with van der Waals surface area (Å²) in [5, 5.41) is 3.96. The maximum Gasteiger partial charge on any atom is 0.271 e. The largest absolute Gasteiger partial charge is 0.318 e. The van der Waals surface area contributed by atoms with Crippen molar-refractivity contribution in [3.63, 3.8) is 0 Å². The zero-order valence-electron chi connectivity index (χ0n) is 15.1. The second-order valence-electron chi connectivity index (χ2n) is 6.23. The average molecular weight is 385 g/mol. The molecule has 0 aliphatic rings. The van der Waals surface area contributed by atoms with E-state index in [2.05, 4.69) is 10.9 Å². The lowest BCUT2D eigenvalue weighted by Crippen LogP contribution is -2.41. The highest BCUT2D eigenvalue weighted by molar-refractivity contribution is 7.07. The van der Waals surface area contributed by atoms with Crippen LogP contribution in [0.5, 0.6) is 0 Å². The summed E-state index contributed by atoms with van der Waals surface area (Å²) >= 11 is 1.59. The zero-order valence-corrected chi connectivity index (χ0v) is 15.9. The van der Waals surface area contributed by atoms with Crippen LogP contribution in [0.1, 0.15) is 33.7 Å². The number of rotatable bonds is 5. The van der Waals surface area contributed by atoms with Crippen LogP contribution in [0.15, 0.2) is 47.2 Å². The van der Waals surface area contributed by atoms with E-state index in [-0.39, 0.29) is 17.6 Å². The highest BCUT2D eigenvalue weighted by Crippen LogP contribution is 2.21. The third kappa shape index (κ3) is 4.43. The van der Waals surface area contributed by atoms with Gasteiger partial charge in [-0.05, 0) is 73.0 Å². The van der Waals surface area contributed by atoms with E-state index in [1.54, 1.807) is 29.5 Å². The molecule has 0 unspecified atom stereocenters. The molecule has 27 heavy (non-hydrogen) atoms. The third-order valence-corrected chi connectivity index (χ3v) is 5.03. The maximum atomic E-state index is 13.2. The highest BCUT2D eigenvalue weighted by Gasteiger charge is 2.17. The number of aromatic nitrogens is 1. The molecule has 1 aromatic carbocycles. The molecule has 7 heteroatoms. The minimum atomic E-state index is -0.389. The molecule has 0 radical (unpaired) electrons. The fourth-order valence-corrected chi connectivity index (χ4v) is 3.63.